The van der Waals surface area contributed by atoms with Gasteiger partial charge in [0.1, 0.15) is 17.3 Å². The second-order valence-electron chi connectivity index (χ2n) is 6.33. The number of amides is 1. The molecule has 1 aromatic carbocycles. The summed E-state index contributed by atoms with van der Waals surface area (Å²) in [6.45, 7) is 3.61. The van der Waals surface area contributed by atoms with Crippen LogP contribution in [0.4, 0.5) is 5.82 Å². The molecule has 0 saturated carbocycles. The smallest absolute Gasteiger partial charge is 0.222 e. The largest absolute Gasteiger partial charge is 0.497 e. The van der Waals surface area contributed by atoms with Gasteiger partial charge < -0.3 is 19.3 Å². The van der Waals surface area contributed by atoms with Gasteiger partial charge in [0.05, 0.1) is 13.7 Å². The summed E-state index contributed by atoms with van der Waals surface area (Å²) in [7, 11) is 1.64. The Bertz CT molecular complexity index is 729. The highest BCUT2D eigenvalue weighted by atomic mass is 79.9. The number of methoxy groups -OCH3 is 1. The van der Waals surface area contributed by atoms with Crippen LogP contribution in [0.25, 0.3) is 0 Å². The third-order valence-electron chi connectivity index (χ3n) is 4.53. The number of carbonyl (C=O) groups excluding carboxylic acids is 1. The van der Waals surface area contributed by atoms with Crippen molar-refractivity contribution in [3.8, 4) is 11.5 Å². The minimum absolute atomic E-state index is 0.191. The topological polar surface area (TPSA) is 54.9 Å². The molecule has 0 atom stereocenters. The van der Waals surface area contributed by atoms with Crippen molar-refractivity contribution in [2.45, 2.75) is 12.8 Å². The van der Waals surface area contributed by atoms with E-state index in [0.717, 1.165) is 48.0 Å². The molecule has 1 saturated heterocycles. The molecule has 3 rings (SSSR count). The molecule has 2 heterocycles. The van der Waals surface area contributed by atoms with Gasteiger partial charge in [-0.15, -0.1) is 0 Å². The monoisotopic (exact) mass is 433 g/mol. The van der Waals surface area contributed by atoms with E-state index in [-0.39, 0.29) is 5.91 Å². The van der Waals surface area contributed by atoms with E-state index < -0.39 is 0 Å². The summed E-state index contributed by atoms with van der Waals surface area (Å²) >= 11 is 3.40. The summed E-state index contributed by atoms with van der Waals surface area (Å²) in [4.78, 5) is 21.0. The number of aromatic nitrogens is 1. The fourth-order valence-corrected chi connectivity index (χ4v) is 3.22. The molecular weight excluding hydrogens is 410 g/mol. The highest BCUT2D eigenvalue weighted by Crippen LogP contribution is 2.18. The van der Waals surface area contributed by atoms with Crippen LogP contribution in [0, 0.1) is 0 Å². The van der Waals surface area contributed by atoms with E-state index in [9.17, 15) is 4.79 Å². The van der Waals surface area contributed by atoms with Gasteiger partial charge in [-0.3, -0.25) is 4.79 Å². The van der Waals surface area contributed by atoms with Crippen LogP contribution in [0.2, 0.25) is 0 Å². The molecule has 1 amide bonds. The Morgan fingerprint density at radius 1 is 1.07 bits per heavy atom. The maximum Gasteiger partial charge on any atom is 0.222 e. The molecule has 1 aliphatic heterocycles. The fourth-order valence-electron chi connectivity index (χ4n) is 2.98. The molecule has 1 aliphatic rings. The van der Waals surface area contributed by atoms with E-state index in [4.69, 9.17) is 9.47 Å². The lowest BCUT2D eigenvalue weighted by Gasteiger charge is -2.35. The van der Waals surface area contributed by atoms with Crippen molar-refractivity contribution in [1.29, 1.82) is 0 Å². The third kappa shape index (κ3) is 5.60. The molecule has 1 aromatic heterocycles. The van der Waals surface area contributed by atoms with Gasteiger partial charge in [-0.1, -0.05) is 0 Å². The second kappa shape index (κ2) is 9.60. The first-order valence-electron chi connectivity index (χ1n) is 9.07. The zero-order valence-corrected chi connectivity index (χ0v) is 17.0. The molecule has 0 spiro atoms. The quantitative estimate of drug-likeness (QED) is 0.626. The van der Waals surface area contributed by atoms with Gasteiger partial charge in [-0.25, -0.2) is 4.98 Å². The molecule has 0 radical (unpaired) electrons. The predicted octanol–water partition coefficient (Wildman–Crippen LogP) is 3.36. The molecule has 2 aromatic rings. The second-order valence-corrected chi connectivity index (χ2v) is 7.25. The van der Waals surface area contributed by atoms with E-state index >= 15 is 0 Å². The van der Waals surface area contributed by atoms with Gasteiger partial charge in [0.2, 0.25) is 5.91 Å². The standard InChI is InChI=1S/C20H24BrN3O3/c1-26-17-5-7-18(8-6-17)27-14-2-3-20(25)24-12-10-23(11-13-24)19-9-4-16(21)15-22-19/h4-9,15H,2-3,10-14H2,1H3. The highest BCUT2D eigenvalue weighted by molar-refractivity contribution is 9.10. The number of carbonyl (C=O) groups is 1. The molecular formula is C20H24BrN3O3. The molecule has 7 heteroatoms. The van der Waals surface area contributed by atoms with Gasteiger partial charge in [0, 0.05) is 43.3 Å². The summed E-state index contributed by atoms with van der Waals surface area (Å²) < 4.78 is 11.8. The number of halogens is 1. The minimum Gasteiger partial charge on any atom is -0.497 e. The Morgan fingerprint density at radius 2 is 1.78 bits per heavy atom. The predicted molar refractivity (Wildman–Crippen MR) is 108 cm³/mol. The minimum atomic E-state index is 0.191. The SMILES string of the molecule is COc1ccc(OCCCC(=O)N2CCN(c3ccc(Br)cn3)CC2)cc1. The lowest BCUT2D eigenvalue weighted by molar-refractivity contribution is -0.131. The van der Waals surface area contributed by atoms with E-state index in [1.54, 1.807) is 13.3 Å². The summed E-state index contributed by atoms with van der Waals surface area (Å²) in [5.41, 5.74) is 0. The average molecular weight is 434 g/mol. The number of pyridine rings is 1. The Kier molecular flexibility index (Phi) is 6.92. The van der Waals surface area contributed by atoms with Crippen LogP contribution >= 0.6 is 15.9 Å². The Morgan fingerprint density at radius 3 is 2.41 bits per heavy atom. The summed E-state index contributed by atoms with van der Waals surface area (Å²) in [5.74, 6) is 2.74. The number of benzene rings is 1. The van der Waals surface area contributed by atoms with Crippen molar-refractivity contribution in [2.24, 2.45) is 0 Å². The summed E-state index contributed by atoms with van der Waals surface area (Å²) in [6.07, 6.45) is 3.02. The number of hydrogen-bond acceptors (Lipinski definition) is 5. The molecule has 6 nitrogen and oxygen atoms in total. The van der Waals surface area contributed by atoms with Gasteiger partial charge in [-0.05, 0) is 58.7 Å². The van der Waals surface area contributed by atoms with Crippen molar-refractivity contribution in [3.05, 3.63) is 47.1 Å². The number of nitrogens with zero attached hydrogens (tertiary/aromatic N) is 3. The van der Waals surface area contributed by atoms with Crippen molar-refractivity contribution in [3.63, 3.8) is 0 Å². The average Bonchev–Trinajstić information content (AvgIpc) is 2.72. The molecule has 0 unspecified atom stereocenters. The Hall–Kier alpha value is -2.28. The Balaban J connectivity index is 1.36. The van der Waals surface area contributed by atoms with E-state index in [0.29, 0.717) is 19.4 Å². The van der Waals surface area contributed by atoms with Gasteiger partial charge in [-0.2, -0.15) is 0 Å². The number of rotatable bonds is 7. The maximum absolute atomic E-state index is 12.4. The van der Waals surface area contributed by atoms with E-state index in [1.165, 1.54) is 0 Å². The zero-order valence-electron chi connectivity index (χ0n) is 15.4. The van der Waals surface area contributed by atoms with Crippen LogP contribution in [0.15, 0.2) is 47.1 Å². The van der Waals surface area contributed by atoms with Crippen LogP contribution in [-0.4, -0.2) is 55.7 Å². The van der Waals surface area contributed by atoms with Crippen molar-refractivity contribution >= 4 is 27.7 Å². The third-order valence-corrected chi connectivity index (χ3v) is 5.00. The number of piperazine rings is 1. The van der Waals surface area contributed by atoms with Gasteiger partial charge in [0.25, 0.3) is 0 Å². The van der Waals surface area contributed by atoms with Gasteiger partial charge in [0.15, 0.2) is 0 Å². The lowest BCUT2D eigenvalue weighted by Crippen LogP contribution is -2.49. The number of hydrogen-bond donors (Lipinski definition) is 0. The first kappa shape index (κ1) is 19.5. The normalized spacial score (nSPS) is 14.1. The molecule has 0 aliphatic carbocycles. The molecule has 144 valence electrons. The van der Waals surface area contributed by atoms with E-state index in [2.05, 4.69) is 25.8 Å². The van der Waals surface area contributed by atoms with Crippen LogP contribution < -0.4 is 14.4 Å². The van der Waals surface area contributed by atoms with Crippen LogP contribution in [-0.2, 0) is 4.79 Å². The summed E-state index contributed by atoms with van der Waals surface area (Å²) in [6, 6.07) is 11.5. The van der Waals surface area contributed by atoms with Crippen molar-refractivity contribution < 1.29 is 14.3 Å². The van der Waals surface area contributed by atoms with Crippen molar-refractivity contribution in [1.82, 2.24) is 9.88 Å². The fraction of sp³-hybridized carbons (Fsp3) is 0.400. The van der Waals surface area contributed by atoms with Crippen LogP contribution in [0.3, 0.4) is 0 Å². The lowest BCUT2D eigenvalue weighted by atomic mass is 10.2. The number of anilines is 1. The molecule has 27 heavy (non-hydrogen) atoms. The summed E-state index contributed by atoms with van der Waals surface area (Å²) in [5, 5.41) is 0. The first-order chi connectivity index (χ1) is 13.2. The van der Waals surface area contributed by atoms with Crippen LogP contribution in [0.1, 0.15) is 12.8 Å². The van der Waals surface area contributed by atoms with E-state index in [1.807, 2.05) is 41.3 Å². The molecule has 0 N–H and O–H groups in total. The first-order valence-corrected chi connectivity index (χ1v) is 9.86. The molecule has 1 fully saturated rings. The highest BCUT2D eigenvalue weighted by Gasteiger charge is 2.21. The Labute approximate surface area is 168 Å². The van der Waals surface area contributed by atoms with Crippen LogP contribution in [0.5, 0.6) is 11.5 Å². The van der Waals surface area contributed by atoms with Gasteiger partial charge >= 0.3 is 0 Å². The zero-order chi connectivity index (χ0) is 19.1. The van der Waals surface area contributed by atoms with Crippen molar-refractivity contribution in [2.75, 3.05) is 44.8 Å². The number of ether oxygens (including phenoxy) is 2. The molecule has 0 bridgehead atoms. The maximum atomic E-state index is 12.4.